The summed E-state index contributed by atoms with van der Waals surface area (Å²) in [6, 6.07) is 0. The molecule has 5 heteroatoms. The highest BCUT2D eigenvalue weighted by molar-refractivity contribution is 5.73. The van der Waals surface area contributed by atoms with Crippen LogP contribution in [-0.4, -0.2) is 22.3 Å². The average molecular weight is 169 g/mol. The summed E-state index contributed by atoms with van der Waals surface area (Å²) in [5.41, 5.74) is 4.92. The van der Waals surface area contributed by atoms with E-state index in [-0.39, 0.29) is 12.3 Å². The number of primary amides is 1. The van der Waals surface area contributed by atoms with Gasteiger partial charge in [0.2, 0.25) is 5.91 Å². The van der Waals surface area contributed by atoms with Gasteiger partial charge < -0.3 is 10.5 Å². The van der Waals surface area contributed by atoms with E-state index < -0.39 is 0 Å². The Hall–Kier alpha value is -1.52. The van der Waals surface area contributed by atoms with Crippen LogP contribution < -0.4 is 10.5 Å². The van der Waals surface area contributed by atoms with Gasteiger partial charge >= 0.3 is 0 Å². The third-order valence-corrected chi connectivity index (χ3v) is 1.30. The van der Waals surface area contributed by atoms with Gasteiger partial charge in [-0.15, -0.1) is 0 Å². The van der Waals surface area contributed by atoms with Crippen molar-refractivity contribution in [1.82, 2.24) is 9.78 Å². The lowest BCUT2D eigenvalue weighted by Crippen LogP contribution is -2.14. The summed E-state index contributed by atoms with van der Waals surface area (Å²) >= 11 is 0. The van der Waals surface area contributed by atoms with Crippen LogP contribution in [0.3, 0.4) is 0 Å². The molecule has 0 bridgehead atoms. The van der Waals surface area contributed by atoms with E-state index in [0.717, 1.165) is 0 Å². The number of rotatable bonds is 4. The Balaban J connectivity index is 2.29. The molecule has 0 aliphatic rings. The summed E-state index contributed by atoms with van der Waals surface area (Å²) in [6.45, 7) is 0.307. The molecule has 1 amide bonds. The Morgan fingerprint density at radius 3 is 3.08 bits per heavy atom. The van der Waals surface area contributed by atoms with Crippen LogP contribution in [0.2, 0.25) is 0 Å². The summed E-state index contributed by atoms with van der Waals surface area (Å²) in [5.74, 6) is 0.289. The fourth-order valence-electron chi connectivity index (χ4n) is 0.743. The summed E-state index contributed by atoms with van der Waals surface area (Å²) in [6.07, 6.45) is 3.54. The number of aryl methyl sites for hydroxylation is 1. The second-order valence-corrected chi connectivity index (χ2v) is 2.41. The molecule has 0 unspecified atom stereocenters. The van der Waals surface area contributed by atoms with E-state index in [2.05, 4.69) is 5.10 Å². The molecule has 0 saturated heterocycles. The Labute approximate surface area is 70.1 Å². The molecule has 0 aromatic carbocycles. The van der Waals surface area contributed by atoms with Crippen LogP contribution in [0.4, 0.5) is 0 Å². The predicted octanol–water partition coefficient (Wildman–Crippen LogP) is -0.326. The SMILES string of the molecule is Cn1cc(OCCC(N)=O)cn1. The van der Waals surface area contributed by atoms with Gasteiger partial charge in [0.1, 0.15) is 0 Å². The van der Waals surface area contributed by atoms with E-state index in [0.29, 0.717) is 12.4 Å². The van der Waals surface area contributed by atoms with Crippen molar-refractivity contribution in [1.29, 1.82) is 0 Å². The van der Waals surface area contributed by atoms with E-state index in [4.69, 9.17) is 10.5 Å². The van der Waals surface area contributed by atoms with Gasteiger partial charge in [-0.05, 0) is 0 Å². The van der Waals surface area contributed by atoms with Crippen LogP contribution in [0.15, 0.2) is 12.4 Å². The minimum absolute atomic E-state index is 0.231. The van der Waals surface area contributed by atoms with Gasteiger partial charge in [0, 0.05) is 7.05 Å². The quantitative estimate of drug-likeness (QED) is 0.671. The third kappa shape index (κ3) is 2.61. The first kappa shape index (κ1) is 8.58. The lowest BCUT2D eigenvalue weighted by Gasteiger charge is -1.98. The minimum atomic E-state index is -0.362. The van der Waals surface area contributed by atoms with Gasteiger partial charge in [0.05, 0.1) is 25.4 Å². The molecule has 0 aliphatic carbocycles. The van der Waals surface area contributed by atoms with Gasteiger partial charge in [-0.3, -0.25) is 9.48 Å². The topological polar surface area (TPSA) is 70.1 Å². The zero-order chi connectivity index (χ0) is 8.97. The first-order chi connectivity index (χ1) is 5.68. The molecule has 1 aromatic heterocycles. The van der Waals surface area contributed by atoms with E-state index in [1.54, 1.807) is 24.1 Å². The second-order valence-electron chi connectivity index (χ2n) is 2.41. The summed E-state index contributed by atoms with van der Waals surface area (Å²) in [7, 11) is 1.79. The third-order valence-electron chi connectivity index (χ3n) is 1.30. The highest BCUT2D eigenvalue weighted by Crippen LogP contribution is 2.06. The molecule has 66 valence electrons. The zero-order valence-electron chi connectivity index (χ0n) is 6.86. The molecule has 1 rings (SSSR count). The number of ether oxygens (including phenoxy) is 1. The molecule has 12 heavy (non-hydrogen) atoms. The molecule has 0 atom stereocenters. The Kier molecular flexibility index (Phi) is 2.68. The van der Waals surface area contributed by atoms with E-state index in [1.807, 2.05) is 0 Å². The highest BCUT2D eigenvalue weighted by Gasteiger charge is 1.97. The van der Waals surface area contributed by atoms with Crippen LogP contribution in [0, 0.1) is 0 Å². The van der Waals surface area contributed by atoms with Crippen molar-refractivity contribution in [2.24, 2.45) is 12.8 Å². The van der Waals surface area contributed by atoms with E-state index >= 15 is 0 Å². The van der Waals surface area contributed by atoms with Crippen LogP contribution in [-0.2, 0) is 11.8 Å². The number of hydrogen-bond donors (Lipinski definition) is 1. The lowest BCUT2D eigenvalue weighted by atomic mass is 10.4. The first-order valence-corrected chi connectivity index (χ1v) is 3.58. The van der Waals surface area contributed by atoms with Crippen LogP contribution in [0.1, 0.15) is 6.42 Å². The van der Waals surface area contributed by atoms with E-state index in [1.165, 1.54) is 0 Å². The monoisotopic (exact) mass is 169 g/mol. The fraction of sp³-hybridized carbons (Fsp3) is 0.429. The fourth-order valence-corrected chi connectivity index (χ4v) is 0.743. The van der Waals surface area contributed by atoms with Crippen molar-refractivity contribution in [2.45, 2.75) is 6.42 Å². The normalized spacial score (nSPS) is 9.75. The Bertz CT molecular complexity index is 269. The van der Waals surface area contributed by atoms with Crippen LogP contribution in [0.25, 0.3) is 0 Å². The molecule has 0 radical (unpaired) electrons. The summed E-state index contributed by atoms with van der Waals surface area (Å²) in [5, 5.41) is 3.89. The molecule has 0 spiro atoms. The molecule has 2 N–H and O–H groups in total. The molecule has 1 heterocycles. The van der Waals surface area contributed by atoms with Crippen molar-refractivity contribution in [3.05, 3.63) is 12.4 Å². The molecular formula is C7H11N3O2. The summed E-state index contributed by atoms with van der Waals surface area (Å²) in [4.78, 5) is 10.3. The molecule has 0 saturated carbocycles. The smallest absolute Gasteiger partial charge is 0.220 e. The van der Waals surface area contributed by atoms with Crippen molar-refractivity contribution in [2.75, 3.05) is 6.61 Å². The maximum absolute atomic E-state index is 10.3. The maximum atomic E-state index is 10.3. The zero-order valence-corrected chi connectivity index (χ0v) is 6.86. The highest BCUT2D eigenvalue weighted by atomic mass is 16.5. The standard InChI is InChI=1S/C7H11N3O2/c1-10-5-6(4-9-10)12-3-2-7(8)11/h4-5H,2-3H2,1H3,(H2,8,11). The largest absolute Gasteiger partial charge is 0.490 e. The van der Waals surface area contributed by atoms with Gasteiger partial charge in [-0.25, -0.2) is 0 Å². The Morgan fingerprint density at radius 1 is 1.83 bits per heavy atom. The Morgan fingerprint density at radius 2 is 2.58 bits per heavy atom. The van der Waals surface area contributed by atoms with Crippen molar-refractivity contribution in [3.63, 3.8) is 0 Å². The number of nitrogens with two attached hydrogens (primary N) is 1. The first-order valence-electron chi connectivity index (χ1n) is 3.58. The van der Waals surface area contributed by atoms with Crippen molar-refractivity contribution in [3.8, 4) is 5.75 Å². The average Bonchev–Trinajstić information content (AvgIpc) is 2.35. The minimum Gasteiger partial charge on any atom is -0.490 e. The molecule has 0 fully saturated rings. The van der Waals surface area contributed by atoms with Gasteiger partial charge in [0.15, 0.2) is 5.75 Å². The molecule has 5 nitrogen and oxygen atoms in total. The van der Waals surface area contributed by atoms with Gasteiger partial charge in [0.25, 0.3) is 0 Å². The maximum Gasteiger partial charge on any atom is 0.220 e. The van der Waals surface area contributed by atoms with Gasteiger partial charge in [-0.2, -0.15) is 5.10 Å². The number of carbonyl (C=O) groups is 1. The number of amides is 1. The number of carbonyl (C=O) groups excluding carboxylic acids is 1. The molecule has 0 aliphatic heterocycles. The number of nitrogens with zero attached hydrogens (tertiary/aromatic N) is 2. The lowest BCUT2D eigenvalue weighted by molar-refractivity contribution is -0.118. The molecule has 1 aromatic rings. The van der Waals surface area contributed by atoms with E-state index in [9.17, 15) is 4.79 Å². The van der Waals surface area contributed by atoms with Crippen LogP contribution in [0.5, 0.6) is 5.75 Å². The number of aromatic nitrogens is 2. The molecular weight excluding hydrogens is 158 g/mol. The number of hydrogen-bond acceptors (Lipinski definition) is 3. The van der Waals surface area contributed by atoms with Crippen molar-refractivity contribution < 1.29 is 9.53 Å². The summed E-state index contributed by atoms with van der Waals surface area (Å²) < 4.78 is 6.78. The van der Waals surface area contributed by atoms with Crippen LogP contribution >= 0.6 is 0 Å². The van der Waals surface area contributed by atoms with Crippen molar-refractivity contribution >= 4 is 5.91 Å². The second kappa shape index (κ2) is 3.75. The predicted molar refractivity (Wildman–Crippen MR) is 42.5 cm³/mol. The van der Waals surface area contributed by atoms with Gasteiger partial charge in [-0.1, -0.05) is 0 Å².